The van der Waals surface area contributed by atoms with Crippen LogP contribution in [0.3, 0.4) is 0 Å². The van der Waals surface area contributed by atoms with E-state index in [2.05, 4.69) is 15.5 Å². The smallest absolute Gasteiger partial charge is 0.258 e. The Morgan fingerprint density at radius 3 is 2.78 bits per heavy atom. The van der Waals surface area contributed by atoms with Gasteiger partial charge in [-0.15, -0.1) is 0 Å². The molecule has 0 bridgehead atoms. The fourth-order valence-corrected chi connectivity index (χ4v) is 3.09. The summed E-state index contributed by atoms with van der Waals surface area (Å²) in [5.41, 5.74) is 0.873. The van der Waals surface area contributed by atoms with Gasteiger partial charge < -0.3 is 19.3 Å². The summed E-state index contributed by atoms with van der Waals surface area (Å²) in [6, 6.07) is 5.77. The van der Waals surface area contributed by atoms with Gasteiger partial charge in [-0.25, -0.2) is 0 Å². The minimum absolute atomic E-state index is 0.546. The topological polar surface area (TPSA) is 69.4 Å². The maximum Gasteiger partial charge on any atom is 0.258 e. The normalized spacial score (nSPS) is 18.6. The fourth-order valence-electron chi connectivity index (χ4n) is 3.09. The van der Waals surface area contributed by atoms with Crippen LogP contribution in [0.25, 0.3) is 11.5 Å². The molecule has 122 valence electrons. The van der Waals surface area contributed by atoms with Gasteiger partial charge in [0, 0.05) is 18.4 Å². The molecule has 6 nitrogen and oxygen atoms in total. The second kappa shape index (κ2) is 6.58. The predicted molar refractivity (Wildman–Crippen MR) is 84.6 cm³/mol. The van der Waals surface area contributed by atoms with Crippen molar-refractivity contribution in [3.63, 3.8) is 0 Å². The second-order valence-corrected chi connectivity index (χ2v) is 6.13. The molecule has 1 aromatic heterocycles. The van der Waals surface area contributed by atoms with Crippen LogP contribution in [0.5, 0.6) is 11.5 Å². The van der Waals surface area contributed by atoms with Gasteiger partial charge in [-0.3, -0.25) is 0 Å². The molecule has 3 heterocycles. The fraction of sp³-hybridized carbons (Fsp3) is 0.529. The summed E-state index contributed by atoms with van der Waals surface area (Å²) < 4.78 is 16.8. The van der Waals surface area contributed by atoms with Gasteiger partial charge in [-0.1, -0.05) is 5.16 Å². The Morgan fingerprint density at radius 1 is 1.09 bits per heavy atom. The van der Waals surface area contributed by atoms with Gasteiger partial charge >= 0.3 is 0 Å². The van der Waals surface area contributed by atoms with Crippen molar-refractivity contribution in [2.24, 2.45) is 5.92 Å². The summed E-state index contributed by atoms with van der Waals surface area (Å²) in [7, 11) is 0. The number of fused-ring (bicyclic) bond motifs is 1. The molecule has 0 spiro atoms. The monoisotopic (exact) mass is 315 g/mol. The predicted octanol–water partition coefficient (Wildman–Crippen LogP) is 2.44. The zero-order valence-corrected chi connectivity index (χ0v) is 13.1. The summed E-state index contributed by atoms with van der Waals surface area (Å²) in [5.74, 6) is 3.51. The molecule has 23 heavy (non-hydrogen) atoms. The molecule has 6 heteroatoms. The lowest BCUT2D eigenvalue weighted by atomic mass is 9.94. The van der Waals surface area contributed by atoms with E-state index in [4.69, 9.17) is 14.0 Å². The first-order valence-electron chi connectivity index (χ1n) is 8.32. The van der Waals surface area contributed by atoms with Crippen LogP contribution < -0.4 is 14.8 Å². The maximum absolute atomic E-state index is 5.72. The highest BCUT2D eigenvalue weighted by Gasteiger charge is 2.18. The molecule has 2 aliphatic rings. The van der Waals surface area contributed by atoms with Gasteiger partial charge in [0.05, 0.1) is 13.2 Å². The minimum atomic E-state index is 0.546. The van der Waals surface area contributed by atoms with Gasteiger partial charge in [0.15, 0.2) is 17.3 Å². The lowest BCUT2D eigenvalue weighted by Crippen LogP contribution is -2.28. The van der Waals surface area contributed by atoms with Crippen LogP contribution in [0.4, 0.5) is 0 Å². The SMILES string of the molecule is c1cc2c(cc1-c1nc(CC3CCNCC3)no1)OCCCO2. The first-order chi connectivity index (χ1) is 11.4. The van der Waals surface area contributed by atoms with Crippen molar-refractivity contribution in [3.05, 3.63) is 24.0 Å². The Morgan fingerprint density at radius 2 is 1.91 bits per heavy atom. The van der Waals surface area contributed by atoms with Crippen LogP contribution in [0.1, 0.15) is 25.1 Å². The van der Waals surface area contributed by atoms with E-state index in [1.54, 1.807) is 0 Å². The lowest BCUT2D eigenvalue weighted by Gasteiger charge is -2.20. The van der Waals surface area contributed by atoms with Crippen LogP contribution in [0, 0.1) is 5.92 Å². The molecule has 0 aliphatic carbocycles. The Kier molecular flexibility index (Phi) is 4.15. The number of hydrogen-bond acceptors (Lipinski definition) is 6. The lowest BCUT2D eigenvalue weighted by molar-refractivity contribution is 0.297. The Bertz CT molecular complexity index is 665. The van der Waals surface area contributed by atoms with Crippen molar-refractivity contribution in [1.82, 2.24) is 15.5 Å². The van der Waals surface area contributed by atoms with Gasteiger partial charge in [-0.2, -0.15) is 4.98 Å². The second-order valence-electron chi connectivity index (χ2n) is 6.13. The highest BCUT2D eigenvalue weighted by molar-refractivity contribution is 5.59. The van der Waals surface area contributed by atoms with E-state index in [1.165, 1.54) is 12.8 Å². The highest BCUT2D eigenvalue weighted by atomic mass is 16.5. The van der Waals surface area contributed by atoms with Crippen molar-refractivity contribution in [3.8, 4) is 23.0 Å². The van der Waals surface area contributed by atoms with E-state index >= 15 is 0 Å². The number of nitrogens with one attached hydrogen (secondary N) is 1. The van der Waals surface area contributed by atoms with E-state index in [1.807, 2.05) is 18.2 Å². The average molecular weight is 315 g/mol. The minimum Gasteiger partial charge on any atom is -0.490 e. The molecule has 4 rings (SSSR count). The molecule has 1 N–H and O–H groups in total. The van der Waals surface area contributed by atoms with E-state index in [-0.39, 0.29) is 0 Å². The van der Waals surface area contributed by atoms with Gasteiger partial charge in [0.25, 0.3) is 5.89 Å². The number of piperidine rings is 1. The molecule has 1 saturated heterocycles. The van der Waals surface area contributed by atoms with Crippen LogP contribution in [-0.2, 0) is 6.42 Å². The molecule has 2 aromatic rings. The number of ether oxygens (including phenoxy) is 2. The number of hydrogen-bond donors (Lipinski definition) is 1. The molecular formula is C17H21N3O3. The van der Waals surface area contributed by atoms with Crippen molar-refractivity contribution in [1.29, 1.82) is 0 Å². The third-order valence-electron chi connectivity index (χ3n) is 4.39. The number of nitrogens with zero attached hydrogens (tertiary/aromatic N) is 2. The van der Waals surface area contributed by atoms with Gasteiger partial charge in [-0.05, 0) is 50.0 Å². The van der Waals surface area contributed by atoms with Crippen LogP contribution in [-0.4, -0.2) is 36.4 Å². The number of benzene rings is 1. The van der Waals surface area contributed by atoms with Crippen LogP contribution in [0.2, 0.25) is 0 Å². The summed E-state index contributed by atoms with van der Waals surface area (Å²) in [5, 5.41) is 7.51. The molecule has 2 aliphatic heterocycles. The van der Waals surface area contributed by atoms with Gasteiger partial charge in [0.1, 0.15) is 0 Å². The quantitative estimate of drug-likeness (QED) is 0.938. The van der Waals surface area contributed by atoms with E-state index in [0.717, 1.165) is 48.8 Å². The molecule has 0 saturated carbocycles. The summed E-state index contributed by atoms with van der Waals surface area (Å²) in [6.45, 7) is 3.52. The Labute approximate surface area is 135 Å². The number of aromatic nitrogens is 2. The first kappa shape index (κ1) is 14.5. The summed E-state index contributed by atoms with van der Waals surface area (Å²) in [6.07, 6.45) is 4.13. The van der Waals surface area contributed by atoms with E-state index in [9.17, 15) is 0 Å². The maximum atomic E-state index is 5.72. The molecule has 0 atom stereocenters. The molecule has 1 fully saturated rings. The van der Waals surface area contributed by atoms with Crippen molar-refractivity contribution >= 4 is 0 Å². The zero-order chi connectivity index (χ0) is 15.5. The molecular weight excluding hydrogens is 294 g/mol. The van der Waals surface area contributed by atoms with E-state index < -0.39 is 0 Å². The van der Waals surface area contributed by atoms with Crippen LogP contribution >= 0.6 is 0 Å². The number of rotatable bonds is 3. The van der Waals surface area contributed by atoms with Crippen molar-refractivity contribution < 1.29 is 14.0 Å². The molecule has 1 aromatic carbocycles. The third-order valence-corrected chi connectivity index (χ3v) is 4.39. The zero-order valence-electron chi connectivity index (χ0n) is 13.1. The average Bonchev–Trinajstić information content (AvgIpc) is 2.92. The third kappa shape index (κ3) is 3.32. The van der Waals surface area contributed by atoms with Crippen molar-refractivity contribution in [2.75, 3.05) is 26.3 Å². The Balaban J connectivity index is 1.51. The first-order valence-corrected chi connectivity index (χ1v) is 8.32. The highest BCUT2D eigenvalue weighted by Crippen LogP contribution is 2.33. The molecule has 0 radical (unpaired) electrons. The standard InChI is InChI=1S/C17H21N3O3/c1-8-21-14-3-2-13(11-15(14)22-9-1)17-19-16(20-23-17)10-12-4-6-18-7-5-12/h2-3,11-12,18H,1,4-10H2. The van der Waals surface area contributed by atoms with E-state index in [0.29, 0.717) is 25.0 Å². The van der Waals surface area contributed by atoms with Crippen LogP contribution in [0.15, 0.2) is 22.7 Å². The molecule has 0 unspecified atom stereocenters. The summed E-state index contributed by atoms with van der Waals surface area (Å²) >= 11 is 0. The largest absolute Gasteiger partial charge is 0.490 e. The molecule has 0 amide bonds. The van der Waals surface area contributed by atoms with Gasteiger partial charge in [0.2, 0.25) is 0 Å². The Hall–Kier alpha value is -2.08. The van der Waals surface area contributed by atoms with Crippen molar-refractivity contribution in [2.45, 2.75) is 25.7 Å². The summed E-state index contributed by atoms with van der Waals surface area (Å²) in [4.78, 5) is 4.55.